The Balaban J connectivity index is 2.02. The summed E-state index contributed by atoms with van der Waals surface area (Å²) in [4.78, 5) is 24.4. The van der Waals surface area contributed by atoms with Gasteiger partial charge in [0.2, 0.25) is 15.9 Å². The van der Waals surface area contributed by atoms with E-state index in [9.17, 15) is 18.0 Å². The first-order valence-electron chi connectivity index (χ1n) is 7.69. The molecular formula is C16H20N2O6S. The van der Waals surface area contributed by atoms with Crippen molar-refractivity contribution >= 4 is 28.0 Å². The molecule has 1 aliphatic heterocycles. The molecular weight excluding hydrogens is 348 g/mol. The topological polar surface area (TPSA) is 113 Å². The minimum absolute atomic E-state index is 0.0442. The lowest BCUT2D eigenvalue weighted by Gasteiger charge is -2.25. The predicted molar refractivity (Wildman–Crippen MR) is 90.3 cm³/mol. The van der Waals surface area contributed by atoms with Gasteiger partial charge in [0.05, 0.1) is 18.1 Å². The van der Waals surface area contributed by atoms with Gasteiger partial charge in [-0.15, -0.1) is 0 Å². The van der Waals surface area contributed by atoms with Crippen molar-refractivity contribution < 1.29 is 27.9 Å². The Kier molecular flexibility index (Phi) is 6.29. The van der Waals surface area contributed by atoms with Gasteiger partial charge >= 0.3 is 5.97 Å². The highest BCUT2D eigenvalue weighted by Crippen LogP contribution is 2.12. The fraction of sp³-hybridized carbons (Fsp3) is 0.375. The average Bonchev–Trinajstić information content (AvgIpc) is 2.60. The molecule has 0 bridgehead atoms. The van der Waals surface area contributed by atoms with E-state index in [4.69, 9.17) is 9.84 Å². The molecule has 1 aromatic rings. The highest BCUT2D eigenvalue weighted by Gasteiger charge is 2.21. The Labute approximate surface area is 146 Å². The number of carbonyl (C=O) groups excluding carboxylic acids is 1. The highest BCUT2D eigenvalue weighted by atomic mass is 32.2. The standard InChI is InChI=1S/C16H20N2O6S/c1-12(16(20)21)17-25(22,23)14-5-2-13(3-6-14)4-7-15(19)18-8-10-24-11-9-18/h2-7,12,17H,8-11H2,1H3,(H,20,21)/b7-4+/t12-/m0/s1. The van der Waals surface area contributed by atoms with Crippen molar-refractivity contribution in [1.29, 1.82) is 0 Å². The molecule has 1 aliphatic rings. The van der Waals surface area contributed by atoms with Crippen LogP contribution in [0.2, 0.25) is 0 Å². The van der Waals surface area contributed by atoms with Crippen LogP contribution in [0.4, 0.5) is 0 Å². The number of nitrogens with one attached hydrogen (secondary N) is 1. The fourth-order valence-corrected chi connectivity index (χ4v) is 3.36. The predicted octanol–water partition coefficient (Wildman–Crippen LogP) is 0.310. The molecule has 0 aromatic heterocycles. The quantitative estimate of drug-likeness (QED) is 0.699. The second-order valence-corrected chi connectivity index (χ2v) is 7.24. The summed E-state index contributed by atoms with van der Waals surface area (Å²) < 4.78 is 31.4. The number of hydrogen-bond donors (Lipinski definition) is 2. The van der Waals surface area contributed by atoms with Crippen LogP contribution >= 0.6 is 0 Å². The Morgan fingerprint density at radius 3 is 2.40 bits per heavy atom. The van der Waals surface area contributed by atoms with Crippen LogP contribution in [0.5, 0.6) is 0 Å². The van der Waals surface area contributed by atoms with Gasteiger partial charge in [0.1, 0.15) is 6.04 Å². The number of aliphatic carboxylic acids is 1. The van der Waals surface area contributed by atoms with Crippen molar-refractivity contribution in [2.45, 2.75) is 17.9 Å². The van der Waals surface area contributed by atoms with Gasteiger partial charge < -0.3 is 14.7 Å². The molecule has 1 aromatic carbocycles. The molecule has 1 amide bonds. The third-order valence-electron chi connectivity index (χ3n) is 3.63. The molecule has 2 rings (SSSR count). The molecule has 25 heavy (non-hydrogen) atoms. The summed E-state index contributed by atoms with van der Waals surface area (Å²) in [7, 11) is -3.91. The fourth-order valence-electron chi connectivity index (χ4n) is 2.17. The number of ether oxygens (including phenoxy) is 1. The van der Waals surface area contributed by atoms with Crippen molar-refractivity contribution in [2.75, 3.05) is 26.3 Å². The van der Waals surface area contributed by atoms with Crippen molar-refractivity contribution in [3.05, 3.63) is 35.9 Å². The lowest BCUT2D eigenvalue weighted by atomic mass is 10.2. The van der Waals surface area contributed by atoms with Gasteiger partial charge in [0.15, 0.2) is 0 Å². The second-order valence-electron chi connectivity index (χ2n) is 5.52. The number of amides is 1. The minimum Gasteiger partial charge on any atom is -0.480 e. The van der Waals surface area contributed by atoms with Gasteiger partial charge in [-0.2, -0.15) is 4.72 Å². The summed E-state index contributed by atoms with van der Waals surface area (Å²) in [6.07, 6.45) is 3.03. The van der Waals surface area contributed by atoms with E-state index in [1.807, 2.05) is 0 Å². The molecule has 0 spiro atoms. The third-order valence-corrected chi connectivity index (χ3v) is 5.19. The molecule has 8 nitrogen and oxygen atoms in total. The van der Waals surface area contributed by atoms with E-state index in [-0.39, 0.29) is 10.8 Å². The summed E-state index contributed by atoms with van der Waals surface area (Å²) in [5, 5.41) is 8.79. The van der Waals surface area contributed by atoms with E-state index in [0.717, 1.165) is 0 Å². The SMILES string of the molecule is C[C@H](NS(=O)(=O)c1ccc(/C=C/C(=O)N2CCOCC2)cc1)C(=O)O. The maximum absolute atomic E-state index is 12.1. The van der Waals surface area contributed by atoms with Gasteiger partial charge in [0, 0.05) is 19.2 Å². The van der Waals surface area contributed by atoms with E-state index in [2.05, 4.69) is 4.72 Å². The van der Waals surface area contributed by atoms with Crippen molar-refractivity contribution in [3.63, 3.8) is 0 Å². The van der Waals surface area contributed by atoms with Crippen molar-refractivity contribution in [2.24, 2.45) is 0 Å². The molecule has 1 saturated heterocycles. The Hall–Kier alpha value is -2.23. The summed E-state index contributed by atoms with van der Waals surface area (Å²) in [5.41, 5.74) is 0.659. The van der Waals surface area contributed by atoms with E-state index in [1.165, 1.54) is 25.1 Å². The molecule has 0 unspecified atom stereocenters. The maximum Gasteiger partial charge on any atom is 0.321 e. The van der Waals surface area contributed by atoms with E-state index >= 15 is 0 Å². The molecule has 0 aliphatic carbocycles. The van der Waals surface area contributed by atoms with E-state index in [1.54, 1.807) is 23.1 Å². The number of nitrogens with zero attached hydrogens (tertiary/aromatic N) is 1. The lowest BCUT2D eigenvalue weighted by molar-refractivity contribution is -0.138. The summed E-state index contributed by atoms with van der Waals surface area (Å²) >= 11 is 0. The first-order valence-corrected chi connectivity index (χ1v) is 9.18. The van der Waals surface area contributed by atoms with Crippen molar-refractivity contribution in [1.82, 2.24) is 9.62 Å². The Bertz CT molecular complexity index is 751. The number of morpholine rings is 1. The monoisotopic (exact) mass is 368 g/mol. The van der Waals surface area contributed by atoms with Gasteiger partial charge in [-0.3, -0.25) is 9.59 Å². The molecule has 1 atom stereocenters. The smallest absolute Gasteiger partial charge is 0.321 e. The largest absolute Gasteiger partial charge is 0.480 e. The van der Waals surface area contributed by atoms with Crippen LogP contribution in [-0.4, -0.2) is 62.6 Å². The number of rotatable bonds is 6. The molecule has 1 heterocycles. The summed E-state index contributed by atoms with van der Waals surface area (Å²) in [5.74, 6) is -1.39. The molecule has 9 heteroatoms. The normalized spacial score (nSPS) is 16.8. The van der Waals surface area contributed by atoms with Crippen LogP contribution in [0.25, 0.3) is 6.08 Å². The van der Waals surface area contributed by atoms with Gasteiger partial charge in [-0.1, -0.05) is 12.1 Å². The second kappa shape index (κ2) is 8.24. The summed E-state index contributed by atoms with van der Waals surface area (Å²) in [6, 6.07) is 4.58. The van der Waals surface area contributed by atoms with Gasteiger partial charge in [0.25, 0.3) is 0 Å². The molecule has 136 valence electrons. The first kappa shape index (κ1) is 19.1. The molecule has 2 N–H and O–H groups in total. The zero-order valence-corrected chi connectivity index (χ0v) is 14.5. The zero-order valence-electron chi connectivity index (χ0n) is 13.7. The molecule has 1 fully saturated rings. The number of sulfonamides is 1. The van der Waals surface area contributed by atoms with Gasteiger partial charge in [-0.25, -0.2) is 8.42 Å². The maximum atomic E-state index is 12.1. The van der Waals surface area contributed by atoms with E-state index < -0.39 is 22.0 Å². The van der Waals surface area contributed by atoms with Crippen molar-refractivity contribution in [3.8, 4) is 0 Å². The molecule has 0 saturated carbocycles. The van der Waals surface area contributed by atoms with Gasteiger partial charge in [-0.05, 0) is 30.7 Å². The van der Waals surface area contributed by atoms with Crippen LogP contribution in [0, 0.1) is 0 Å². The number of carboxylic acid groups (broad SMARTS) is 1. The first-order chi connectivity index (χ1) is 11.8. The van der Waals surface area contributed by atoms with Crippen LogP contribution in [-0.2, 0) is 24.3 Å². The Morgan fingerprint density at radius 2 is 1.84 bits per heavy atom. The highest BCUT2D eigenvalue weighted by molar-refractivity contribution is 7.89. The van der Waals surface area contributed by atoms with E-state index in [0.29, 0.717) is 31.9 Å². The van der Waals surface area contributed by atoms with Crippen LogP contribution < -0.4 is 4.72 Å². The number of hydrogen-bond acceptors (Lipinski definition) is 5. The number of carboxylic acids is 1. The number of benzene rings is 1. The third kappa shape index (κ3) is 5.38. The summed E-state index contributed by atoms with van der Waals surface area (Å²) in [6.45, 7) is 3.39. The minimum atomic E-state index is -3.91. The van der Waals surface area contributed by atoms with Crippen LogP contribution in [0.3, 0.4) is 0 Å². The van der Waals surface area contributed by atoms with Crippen LogP contribution in [0.15, 0.2) is 35.2 Å². The number of carbonyl (C=O) groups is 2. The van der Waals surface area contributed by atoms with Crippen LogP contribution in [0.1, 0.15) is 12.5 Å². The average molecular weight is 368 g/mol. The lowest BCUT2D eigenvalue weighted by Crippen LogP contribution is -2.39. The molecule has 0 radical (unpaired) electrons. The zero-order chi connectivity index (χ0) is 18.4. The Morgan fingerprint density at radius 1 is 1.24 bits per heavy atom.